The van der Waals surface area contributed by atoms with Crippen LogP contribution in [0.2, 0.25) is 0 Å². The number of benzene rings is 1. The van der Waals surface area contributed by atoms with E-state index in [2.05, 4.69) is 0 Å². The number of hydrogen-bond acceptors (Lipinski definition) is 16. The van der Waals surface area contributed by atoms with Gasteiger partial charge in [0, 0.05) is 6.08 Å². The lowest BCUT2D eigenvalue weighted by molar-refractivity contribution is -0.343. The highest BCUT2D eigenvalue weighted by Crippen LogP contribution is 2.30. The van der Waals surface area contributed by atoms with E-state index < -0.39 is 86.4 Å². The Kier molecular flexibility index (Phi) is 10.5. The molecule has 3 aliphatic heterocycles. The van der Waals surface area contributed by atoms with Crippen LogP contribution in [0, 0.1) is 0 Å². The van der Waals surface area contributed by atoms with Gasteiger partial charge >= 0.3 is 5.97 Å². The second-order valence-corrected chi connectivity index (χ2v) is 9.66. The van der Waals surface area contributed by atoms with Crippen LogP contribution in [-0.4, -0.2) is 148 Å². The van der Waals surface area contributed by atoms with Crippen molar-refractivity contribution < 1.29 is 78.8 Å². The molecule has 3 saturated heterocycles. The molecule has 12 atom stereocenters. The van der Waals surface area contributed by atoms with Gasteiger partial charge in [0.15, 0.2) is 30.4 Å². The van der Waals surface area contributed by atoms with E-state index in [-0.39, 0.29) is 24.7 Å². The number of carbonyl (C=O) groups excluding carboxylic acids is 1. The van der Waals surface area contributed by atoms with Crippen LogP contribution in [0.25, 0.3) is 6.08 Å². The summed E-state index contributed by atoms with van der Waals surface area (Å²) >= 11 is 0. The van der Waals surface area contributed by atoms with Gasteiger partial charge in [-0.2, -0.15) is 0 Å². The number of aromatic hydroxyl groups is 1. The zero-order valence-electron chi connectivity index (χ0n) is 21.8. The van der Waals surface area contributed by atoms with Gasteiger partial charge in [0.05, 0.1) is 20.3 Å². The van der Waals surface area contributed by atoms with E-state index in [1.165, 1.54) is 31.4 Å². The first-order valence-electron chi connectivity index (χ1n) is 12.7. The van der Waals surface area contributed by atoms with Crippen molar-refractivity contribution in [1.29, 1.82) is 0 Å². The van der Waals surface area contributed by atoms with E-state index in [0.29, 0.717) is 5.56 Å². The first kappa shape index (κ1) is 31.5. The lowest BCUT2D eigenvalue weighted by Gasteiger charge is -2.42. The standard InChI is InChI=1S/C25H34O16/c1-35-13-6-10(2-4-11(13)26)3-5-16(28)36-8-14-18(30)20(32)25(39-14)41-22-15(9-37-23(34)21(22)33)40-24-19(31)17(29)12(27)7-38-24/h2-6,12,14-15,17-27,29-34H,7-9H2,1H3/b5-3+/t12-,14+,15-,17+,18+,19-,20-,21+,22+,23?,24+,25+/m1/s1. The number of phenols is 1. The number of methoxy groups -OCH3 is 1. The molecule has 0 saturated carbocycles. The molecule has 0 aromatic heterocycles. The minimum Gasteiger partial charge on any atom is -0.504 e. The van der Waals surface area contributed by atoms with Gasteiger partial charge in [-0.05, 0) is 23.8 Å². The first-order valence-corrected chi connectivity index (χ1v) is 12.7. The molecule has 230 valence electrons. The van der Waals surface area contributed by atoms with Crippen molar-refractivity contribution in [3.63, 3.8) is 0 Å². The fourth-order valence-corrected chi connectivity index (χ4v) is 4.42. The van der Waals surface area contributed by atoms with E-state index in [9.17, 15) is 45.6 Å². The molecular formula is C25H34O16. The van der Waals surface area contributed by atoms with Gasteiger partial charge in [-0.25, -0.2) is 4.79 Å². The summed E-state index contributed by atoms with van der Waals surface area (Å²) in [5, 5.41) is 80.7. The summed E-state index contributed by atoms with van der Waals surface area (Å²) in [5.41, 5.74) is 0.531. The second-order valence-electron chi connectivity index (χ2n) is 9.66. The Morgan fingerprint density at radius 3 is 2.39 bits per heavy atom. The van der Waals surface area contributed by atoms with Gasteiger partial charge in [-0.1, -0.05) is 6.07 Å². The normalized spacial score (nSPS) is 39.6. The van der Waals surface area contributed by atoms with Crippen LogP contribution < -0.4 is 4.74 Å². The Hall–Kier alpha value is -2.45. The van der Waals surface area contributed by atoms with Gasteiger partial charge in [-0.15, -0.1) is 0 Å². The van der Waals surface area contributed by atoms with Crippen LogP contribution in [0.4, 0.5) is 0 Å². The van der Waals surface area contributed by atoms with Crippen LogP contribution >= 0.6 is 0 Å². The Morgan fingerprint density at radius 1 is 0.927 bits per heavy atom. The lowest BCUT2D eigenvalue weighted by Crippen LogP contribution is -2.60. The van der Waals surface area contributed by atoms with Crippen molar-refractivity contribution in [1.82, 2.24) is 0 Å². The van der Waals surface area contributed by atoms with Gasteiger partial charge in [-0.3, -0.25) is 0 Å². The van der Waals surface area contributed by atoms with E-state index in [4.69, 9.17) is 33.2 Å². The Balaban J connectivity index is 1.34. The number of esters is 1. The van der Waals surface area contributed by atoms with E-state index in [1.807, 2.05) is 0 Å². The molecule has 0 bridgehead atoms. The summed E-state index contributed by atoms with van der Waals surface area (Å²) in [4.78, 5) is 12.2. The lowest BCUT2D eigenvalue weighted by atomic mass is 10.0. The number of carbonyl (C=O) groups is 1. The first-order chi connectivity index (χ1) is 19.5. The predicted molar refractivity (Wildman–Crippen MR) is 131 cm³/mol. The van der Waals surface area contributed by atoms with Gasteiger partial charge in [0.2, 0.25) is 0 Å². The molecule has 0 radical (unpaired) electrons. The topological polar surface area (TPSA) is 244 Å². The van der Waals surface area contributed by atoms with E-state index in [0.717, 1.165) is 6.08 Å². The van der Waals surface area contributed by atoms with Gasteiger partial charge in [0.25, 0.3) is 0 Å². The molecule has 1 aromatic carbocycles. The van der Waals surface area contributed by atoms with Crippen molar-refractivity contribution in [2.75, 3.05) is 26.9 Å². The average molecular weight is 591 g/mol. The quantitative estimate of drug-likeness (QED) is 0.102. The molecule has 3 fully saturated rings. The number of rotatable bonds is 9. The molecule has 0 spiro atoms. The molecule has 0 aliphatic carbocycles. The molecule has 16 nitrogen and oxygen atoms in total. The fraction of sp³-hybridized carbons (Fsp3) is 0.640. The van der Waals surface area contributed by atoms with Crippen LogP contribution in [0.15, 0.2) is 24.3 Å². The number of phenolic OH excluding ortho intramolecular Hbond substituents is 1. The Bertz CT molecular complexity index is 1050. The highest BCUT2D eigenvalue weighted by atomic mass is 16.8. The summed E-state index contributed by atoms with van der Waals surface area (Å²) in [6, 6.07) is 4.41. The van der Waals surface area contributed by atoms with E-state index in [1.54, 1.807) is 0 Å². The summed E-state index contributed by atoms with van der Waals surface area (Å²) in [5.74, 6) is -0.674. The van der Waals surface area contributed by atoms with Crippen molar-refractivity contribution in [3.8, 4) is 11.5 Å². The Morgan fingerprint density at radius 2 is 1.66 bits per heavy atom. The minimum absolute atomic E-state index is 0.0749. The van der Waals surface area contributed by atoms with Crippen LogP contribution in [0.3, 0.4) is 0 Å². The molecule has 16 heteroatoms. The smallest absolute Gasteiger partial charge is 0.330 e. The van der Waals surface area contributed by atoms with E-state index >= 15 is 0 Å². The van der Waals surface area contributed by atoms with Crippen molar-refractivity contribution in [2.45, 2.75) is 73.8 Å². The van der Waals surface area contributed by atoms with Crippen LogP contribution in [0.1, 0.15) is 5.56 Å². The largest absolute Gasteiger partial charge is 0.504 e. The monoisotopic (exact) mass is 590 g/mol. The highest BCUT2D eigenvalue weighted by Gasteiger charge is 2.50. The maximum absolute atomic E-state index is 12.2. The predicted octanol–water partition coefficient (Wildman–Crippen LogP) is -3.68. The summed E-state index contributed by atoms with van der Waals surface area (Å²) in [6.07, 6.45) is -15.7. The molecule has 1 unspecified atom stereocenters. The number of aliphatic hydroxyl groups is 7. The Labute approximate surface area is 233 Å². The zero-order valence-corrected chi connectivity index (χ0v) is 21.8. The third kappa shape index (κ3) is 7.31. The zero-order chi connectivity index (χ0) is 29.8. The molecule has 41 heavy (non-hydrogen) atoms. The molecule has 3 heterocycles. The molecule has 3 aliphatic rings. The SMILES string of the molecule is COc1cc(/C=C/C(=O)OC[C@@H]2O[C@@H](O[C@@H]3[C@H](O)C(O)OC[C@H]3O[C@@H]3OC[C@@H](O)[C@H](O)[C@H]3O)[C@H](O)[C@H]2O)ccc1O. The minimum atomic E-state index is -1.74. The molecular weight excluding hydrogens is 556 g/mol. The summed E-state index contributed by atoms with van der Waals surface area (Å²) in [7, 11) is 1.38. The molecule has 4 rings (SSSR count). The van der Waals surface area contributed by atoms with Gasteiger partial charge < -0.3 is 74.0 Å². The fourth-order valence-electron chi connectivity index (χ4n) is 4.42. The van der Waals surface area contributed by atoms with Crippen LogP contribution in [-0.2, 0) is 33.2 Å². The summed E-state index contributed by atoms with van der Waals surface area (Å²) in [6.45, 7) is -1.22. The molecule has 1 aromatic rings. The van der Waals surface area contributed by atoms with Crippen molar-refractivity contribution in [2.24, 2.45) is 0 Å². The maximum atomic E-state index is 12.2. The molecule has 0 amide bonds. The third-order valence-electron chi connectivity index (χ3n) is 6.80. The van der Waals surface area contributed by atoms with Gasteiger partial charge in [0.1, 0.15) is 61.5 Å². The number of ether oxygens (including phenoxy) is 7. The highest BCUT2D eigenvalue weighted by molar-refractivity contribution is 5.87. The summed E-state index contributed by atoms with van der Waals surface area (Å²) < 4.78 is 37.1. The number of aliphatic hydroxyl groups excluding tert-OH is 7. The van der Waals surface area contributed by atoms with Crippen molar-refractivity contribution in [3.05, 3.63) is 29.8 Å². The third-order valence-corrected chi connectivity index (χ3v) is 6.80. The molecule has 8 N–H and O–H groups in total. The maximum Gasteiger partial charge on any atom is 0.330 e. The number of hydrogen-bond donors (Lipinski definition) is 8. The average Bonchev–Trinajstić information content (AvgIpc) is 3.23. The second kappa shape index (κ2) is 13.7. The van der Waals surface area contributed by atoms with Crippen molar-refractivity contribution >= 4 is 12.0 Å². The van der Waals surface area contributed by atoms with Crippen LogP contribution in [0.5, 0.6) is 11.5 Å².